The molecular formula is C12H10N2O3. The van der Waals surface area contributed by atoms with Crippen LogP contribution in [0.1, 0.15) is 15.9 Å². The quantitative estimate of drug-likeness (QED) is 0.623. The lowest BCUT2D eigenvalue weighted by Gasteiger charge is -2.01. The molecule has 0 bridgehead atoms. The monoisotopic (exact) mass is 230 g/mol. The number of nitrogens with zero attached hydrogens (tertiary/aromatic N) is 1. The van der Waals surface area contributed by atoms with Gasteiger partial charge in [-0.2, -0.15) is 5.10 Å². The Hall–Kier alpha value is -2.56. The zero-order chi connectivity index (χ0) is 12.1. The lowest BCUT2D eigenvalue weighted by molar-refractivity contribution is 0.0952. The maximum Gasteiger partial charge on any atom is 0.275 e. The molecule has 0 unspecified atom stereocenters. The Balaban J connectivity index is 2.01. The van der Waals surface area contributed by atoms with E-state index in [1.165, 1.54) is 30.9 Å². The molecule has 0 aliphatic rings. The minimum atomic E-state index is -0.470. The average Bonchev–Trinajstić information content (AvgIpc) is 2.82. The molecule has 1 aromatic carbocycles. The molecule has 0 aliphatic heterocycles. The molecule has 5 heteroatoms. The molecule has 0 saturated heterocycles. The summed E-state index contributed by atoms with van der Waals surface area (Å²) in [7, 11) is 0. The molecule has 0 radical (unpaired) electrons. The summed E-state index contributed by atoms with van der Waals surface area (Å²) in [5.41, 5.74) is 3.22. The van der Waals surface area contributed by atoms with Crippen molar-refractivity contribution in [3.05, 3.63) is 54.0 Å². The number of aromatic hydroxyl groups is 1. The maximum absolute atomic E-state index is 11.6. The van der Waals surface area contributed by atoms with E-state index in [0.29, 0.717) is 0 Å². The maximum atomic E-state index is 11.6. The van der Waals surface area contributed by atoms with E-state index in [0.717, 1.165) is 5.56 Å². The lowest BCUT2D eigenvalue weighted by atomic mass is 10.2. The summed E-state index contributed by atoms with van der Waals surface area (Å²) < 4.78 is 4.83. The highest BCUT2D eigenvalue weighted by Crippen LogP contribution is 2.14. The zero-order valence-corrected chi connectivity index (χ0v) is 8.83. The van der Waals surface area contributed by atoms with Gasteiger partial charge in [0.05, 0.1) is 24.3 Å². The predicted octanol–water partition coefficient (Wildman–Crippen LogP) is 1.75. The van der Waals surface area contributed by atoms with Gasteiger partial charge in [0.2, 0.25) is 0 Å². The SMILES string of the molecule is O=C(N/N=C\c1ccoc1)c1ccccc1O. The van der Waals surface area contributed by atoms with Crippen LogP contribution in [0.25, 0.3) is 0 Å². The number of hydrogen-bond acceptors (Lipinski definition) is 4. The van der Waals surface area contributed by atoms with Crippen LogP contribution in [0.3, 0.4) is 0 Å². The van der Waals surface area contributed by atoms with Gasteiger partial charge in [0.25, 0.3) is 5.91 Å². The number of phenols is 1. The van der Waals surface area contributed by atoms with Crippen molar-refractivity contribution in [3.63, 3.8) is 0 Å². The second kappa shape index (κ2) is 4.98. The average molecular weight is 230 g/mol. The van der Waals surface area contributed by atoms with Crippen LogP contribution in [0.2, 0.25) is 0 Å². The van der Waals surface area contributed by atoms with Crippen molar-refractivity contribution in [2.45, 2.75) is 0 Å². The summed E-state index contributed by atoms with van der Waals surface area (Å²) in [4.78, 5) is 11.6. The van der Waals surface area contributed by atoms with Gasteiger partial charge in [0.1, 0.15) is 5.75 Å². The Morgan fingerprint density at radius 2 is 2.18 bits per heavy atom. The summed E-state index contributed by atoms with van der Waals surface area (Å²) in [6.45, 7) is 0. The lowest BCUT2D eigenvalue weighted by Crippen LogP contribution is -2.17. The number of hydrogen-bond donors (Lipinski definition) is 2. The molecule has 0 fully saturated rings. The summed E-state index contributed by atoms with van der Waals surface area (Å²) in [5, 5.41) is 13.2. The van der Waals surface area contributed by atoms with Crippen LogP contribution in [0.5, 0.6) is 5.75 Å². The minimum Gasteiger partial charge on any atom is -0.507 e. The summed E-state index contributed by atoms with van der Waals surface area (Å²) >= 11 is 0. The minimum absolute atomic E-state index is 0.0801. The fourth-order valence-electron chi connectivity index (χ4n) is 1.24. The molecule has 5 nitrogen and oxygen atoms in total. The largest absolute Gasteiger partial charge is 0.507 e. The molecule has 86 valence electrons. The Labute approximate surface area is 97.4 Å². The standard InChI is InChI=1S/C12H10N2O3/c15-11-4-2-1-3-10(11)12(16)14-13-7-9-5-6-17-8-9/h1-8,15H,(H,14,16)/b13-7-. The topological polar surface area (TPSA) is 74.8 Å². The van der Waals surface area contributed by atoms with E-state index in [1.807, 2.05) is 0 Å². The van der Waals surface area contributed by atoms with Gasteiger partial charge >= 0.3 is 0 Å². The molecule has 0 spiro atoms. The van der Waals surface area contributed by atoms with Gasteiger partial charge < -0.3 is 9.52 Å². The molecule has 2 N–H and O–H groups in total. The third-order valence-electron chi connectivity index (χ3n) is 2.07. The highest BCUT2D eigenvalue weighted by molar-refractivity contribution is 5.97. The van der Waals surface area contributed by atoms with Gasteiger partial charge in [0.15, 0.2) is 0 Å². The summed E-state index contributed by atoms with van der Waals surface area (Å²) in [6.07, 6.45) is 4.45. The first-order valence-electron chi connectivity index (χ1n) is 4.91. The van der Waals surface area contributed by atoms with Gasteiger partial charge in [0, 0.05) is 5.56 Å². The van der Waals surface area contributed by atoms with Crippen LogP contribution in [-0.2, 0) is 0 Å². The van der Waals surface area contributed by atoms with Crippen molar-refractivity contribution in [1.29, 1.82) is 0 Å². The van der Waals surface area contributed by atoms with Gasteiger partial charge in [-0.05, 0) is 18.2 Å². The van der Waals surface area contributed by atoms with Gasteiger partial charge in [-0.25, -0.2) is 5.43 Å². The molecule has 1 heterocycles. The van der Waals surface area contributed by atoms with Gasteiger partial charge in [-0.1, -0.05) is 12.1 Å². The van der Waals surface area contributed by atoms with Crippen LogP contribution in [0.15, 0.2) is 52.4 Å². The number of amides is 1. The number of hydrazone groups is 1. The number of carbonyl (C=O) groups excluding carboxylic acids is 1. The van der Waals surface area contributed by atoms with Crippen LogP contribution in [-0.4, -0.2) is 17.2 Å². The van der Waals surface area contributed by atoms with E-state index in [9.17, 15) is 9.90 Å². The number of benzene rings is 1. The Bertz CT molecular complexity index is 532. The smallest absolute Gasteiger partial charge is 0.275 e. The predicted molar refractivity (Wildman–Crippen MR) is 61.9 cm³/mol. The van der Waals surface area contributed by atoms with Gasteiger partial charge in [-0.15, -0.1) is 0 Å². The van der Waals surface area contributed by atoms with E-state index < -0.39 is 5.91 Å². The molecule has 0 saturated carbocycles. The first-order chi connectivity index (χ1) is 8.27. The Morgan fingerprint density at radius 1 is 1.35 bits per heavy atom. The second-order valence-electron chi connectivity index (χ2n) is 3.27. The molecular weight excluding hydrogens is 220 g/mol. The van der Waals surface area contributed by atoms with E-state index >= 15 is 0 Å². The Kier molecular flexibility index (Phi) is 3.20. The van der Waals surface area contributed by atoms with Crippen LogP contribution in [0, 0.1) is 0 Å². The van der Waals surface area contributed by atoms with E-state index in [2.05, 4.69) is 10.5 Å². The number of nitrogens with one attached hydrogen (secondary N) is 1. The van der Waals surface area contributed by atoms with Crippen molar-refractivity contribution >= 4 is 12.1 Å². The number of furan rings is 1. The molecule has 1 aromatic heterocycles. The number of rotatable bonds is 3. The van der Waals surface area contributed by atoms with Crippen molar-refractivity contribution in [2.75, 3.05) is 0 Å². The Morgan fingerprint density at radius 3 is 2.88 bits per heavy atom. The third kappa shape index (κ3) is 2.72. The van der Waals surface area contributed by atoms with E-state index in [1.54, 1.807) is 18.2 Å². The summed E-state index contributed by atoms with van der Waals surface area (Å²) in [5.74, 6) is -0.550. The zero-order valence-electron chi connectivity index (χ0n) is 8.83. The van der Waals surface area contributed by atoms with Crippen LogP contribution in [0.4, 0.5) is 0 Å². The number of carbonyl (C=O) groups is 1. The van der Waals surface area contributed by atoms with Crippen molar-refractivity contribution in [1.82, 2.24) is 5.43 Å². The van der Waals surface area contributed by atoms with Crippen LogP contribution >= 0.6 is 0 Å². The molecule has 17 heavy (non-hydrogen) atoms. The van der Waals surface area contributed by atoms with Crippen molar-refractivity contribution < 1.29 is 14.3 Å². The fraction of sp³-hybridized carbons (Fsp3) is 0. The molecule has 2 rings (SSSR count). The third-order valence-corrected chi connectivity index (χ3v) is 2.07. The van der Waals surface area contributed by atoms with Gasteiger partial charge in [-0.3, -0.25) is 4.79 Å². The number of phenolic OH excluding ortho intramolecular Hbond substituents is 1. The first-order valence-corrected chi connectivity index (χ1v) is 4.91. The number of para-hydroxylation sites is 1. The van der Waals surface area contributed by atoms with Crippen molar-refractivity contribution in [2.24, 2.45) is 5.10 Å². The highest BCUT2D eigenvalue weighted by Gasteiger charge is 2.08. The molecule has 0 atom stereocenters. The normalized spacial score (nSPS) is 10.6. The van der Waals surface area contributed by atoms with E-state index in [-0.39, 0.29) is 11.3 Å². The highest BCUT2D eigenvalue weighted by atomic mass is 16.3. The molecule has 1 amide bonds. The summed E-state index contributed by atoms with van der Waals surface area (Å²) in [6, 6.07) is 7.96. The first kappa shape index (κ1) is 10.9. The van der Waals surface area contributed by atoms with Crippen LogP contribution < -0.4 is 5.43 Å². The van der Waals surface area contributed by atoms with E-state index in [4.69, 9.17) is 4.42 Å². The molecule has 2 aromatic rings. The fourth-order valence-corrected chi connectivity index (χ4v) is 1.24. The second-order valence-corrected chi connectivity index (χ2v) is 3.27. The molecule has 0 aliphatic carbocycles. The van der Waals surface area contributed by atoms with Crippen molar-refractivity contribution in [3.8, 4) is 5.75 Å².